The van der Waals surface area contributed by atoms with E-state index in [1.165, 1.54) is 0 Å². The van der Waals surface area contributed by atoms with Crippen molar-refractivity contribution in [1.29, 1.82) is 0 Å². The Morgan fingerprint density at radius 3 is 2.48 bits per heavy atom. The largest absolute Gasteiger partial charge is 0.349 e. The highest BCUT2D eigenvalue weighted by Crippen LogP contribution is 2.45. The van der Waals surface area contributed by atoms with Gasteiger partial charge >= 0.3 is 6.03 Å². The van der Waals surface area contributed by atoms with Crippen LogP contribution >= 0.6 is 0 Å². The first-order valence-corrected chi connectivity index (χ1v) is 12.0. The van der Waals surface area contributed by atoms with Crippen LogP contribution in [0, 0.1) is 11.3 Å². The molecule has 8 heteroatoms. The molecule has 178 valence electrons. The van der Waals surface area contributed by atoms with E-state index in [2.05, 4.69) is 36.7 Å². The van der Waals surface area contributed by atoms with Gasteiger partial charge in [-0.2, -0.15) is 0 Å². The third-order valence-electron chi connectivity index (χ3n) is 7.72. The third kappa shape index (κ3) is 4.89. The first-order chi connectivity index (χ1) is 15.6. The standard InChI is InChI=1S/C25H34N4O4/c1-4-24(2,3)17-10-12-25(13-11-17)22(32)29(23(33)28-25)15-20(30)26-19-7-5-6-16(14-19)21(31)27-18-8-9-18/h5-7,14,17-18H,4,8-13,15H2,1-3H3,(H,26,30)(H,27,31)(H,28,33). The molecular weight excluding hydrogens is 420 g/mol. The highest BCUT2D eigenvalue weighted by atomic mass is 16.2. The minimum absolute atomic E-state index is 0.175. The van der Waals surface area contributed by atoms with Crippen LogP contribution in [0.25, 0.3) is 0 Å². The van der Waals surface area contributed by atoms with E-state index in [0.717, 1.165) is 37.0 Å². The number of carbonyl (C=O) groups excluding carboxylic acids is 4. The average molecular weight is 455 g/mol. The van der Waals surface area contributed by atoms with Crippen molar-refractivity contribution in [2.24, 2.45) is 11.3 Å². The van der Waals surface area contributed by atoms with E-state index in [9.17, 15) is 19.2 Å². The smallest absolute Gasteiger partial charge is 0.325 e. The minimum Gasteiger partial charge on any atom is -0.349 e. The van der Waals surface area contributed by atoms with Gasteiger partial charge in [0.05, 0.1) is 0 Å². The van der Waals surface area contributed by atoms with Gasteiger partial charge in [-0.25, -0.2) is 4.79 Å². The molecule has 1 aromatic rings. The monoisotopic (exact) mass is 454 g/mol. The van der Waals surface area contributed by atoms with Crippen molar-refractivity contribution < 1.29 is 19.2 Å². The van der Waals surface area contributed by atoms with Gasteiger partial charge in [0.2, 0.25) is 5.91 Å². The number of imide groups is 1. The maximum Gasteiger partial charge on any atom is 0.325 e. The Bertz CT molecular complexity index is 961. The van der Waals surface area contributed by atoms with E-state index in [0.29, 0.717) is 30.0 Å². The predicted molar refractivity (Wildman–Crippen MR) is 125 cm³/mol. The van der Waals surface area contributed by atoms with Crippen LogP contribution in [0.2, 0.25) is 0 Å². The SMILES string of the molecule is CCC(C)(C)C1CCC2(CC1)NC(=O)N(CC(=O)Nc1cccc(C(=O)NC3CC3)c1)C2=O. The van der Waals surface area contributed by atoms with Crippen LogP contribution in [0.5, 0.6) is 0 Å². The summed E-state index contributed by atoms with van der Waals surface area (Å²) in [6.45, 7) is 6.34. The summed E-state index contributed by atoms with van der Waals surface area (Å²) in [5.41, 5.74) is 0.225. The van der Waals surface area contributed by atoms with Gasteiger partial charge in [0.25, 0.3) is 11.8 Å². The van der Waals surface area contributed by atoms with Crippen LogP contribution in [-0.2, 0) is 9.59 Å². The van der Waals surface area contributed by atoms with Gasteiger partial charge in [-0.3, -0.25) is 19.3 Å². The number of amides is 5. The lowest BCUT2D eigenvalue weighted by atomic mass is 9.65. The molecular formula is C25H34N4O4. The molecule has 0 aromatic heterocycles. The Kier molecular flexibility index (Phi) is 6.20. The van der Waals surface area contributed by atoms with Crippen LogP contribution in [-0.4, -0.2) is 46.8 Å². The number of hydrogen-bond donors (Lipinski definition) is 3. The van der Waals surface area contributed by atoms with Crippen molar-refractivity contribution >= 4 is 29.4 Å². The molecule has 3 N–H and O–H groups in total. The van der Waals surface area contributed by atoms with E-state index in [-0.39, 0.29) is 29.8 Å². The quantitative estimate of drug-likeness (QED) is 0.549. The van der Waals surface area contributed by atoms with Crippen molar-refractivity contribution in [3.63, 3.8) is 0 Å². The van der Waals surface area contributed by atoms with Gasteiger partial charge in [-0.05, 0) is 68.1 Å². The van der Waals surface area contributed by atoms with Crippen LogP contribution in [0.3, 0.4) is 0 Å². The summed E-state index contributed by atoms with van der Waals surface area (Å²) in [5, 5.41) is 8.50. The molecule has 3 aliphatic rings. The highest BCUT2D eigenvalue weighted by Gasteiger charge is 2.53. The molecule has 1 aliphatic heterocycles. The summed E-state index contributed by atoms with van der Waals surface area (Å²) >= 11 is 0. The lowest BCUT2D eigenvalue weighted by Crippen LogP contribution is -2.51. The van der Waals surface area contributed by atoms with E-state index >= 15 is 0 Å². The molecule has 2 saturated carbocycles. The lowest BCUT2D eigenvalue weighted by Gasteiger charge is -2.42. The van der Waals surface area contributed by atoms with E-state index < -0.39 is 17.5 Å². The number of urea groups is 1. The molecule has 5 amide bonds. The molecule has 3 fully saturated rings. The number of benzene rings is 1. The second-order valence-corrected chi connectivity index (χ2v) is 10.4. The van der Waals surface area contributed by atoms with E-state index in [1.54, 1.807) is 24.3 Å². The van der Waals surface area contributed by atoms with E-state index in [4.69, 9.17) is 0 Å². The fraction of sp³-hybridized carbons (Fsp3) is 0.600. The highest BCUT2D eigenvalue weighted by molar-refractivity contribution is 6.10. The molecule has 1 heterocycles. The number of nitrogens with zero attached hydrogens (tertiary/aromatic N) is 1. The molecule has 0 atom stereocenters. The first-order valence-electron chi connectivity index (χ1n) is 12.0. The second kappa shape index (κ2) is 8.80. The Hall–Kier alpha value is -2.90. The summed E-state index contributed by atoms with van der Waals surface area (Å²) in [6, 6.07) is 6.38. The molecule has 1 aromatic carbocycles. The zero-order chi connectivity index (χ0) is 23.8. The summed E-state index contributed by atoms with van der Waals surface area (Å²) in [5.74, 6) is -0.449. The number of anilines is 1. The van der Waals surface area contributed by atoms with Gasteiger partial charge in [-0.1, -0.05) is 33.3 Å². The first kappa shape index (κ1) is 23.3. The molecule has 2 aliphatic carbocycles. The Labute approximate surface area is 194 Å². The van der Waals surface area contributed by atoms with Crippen LogP contribution in [0.15, 0.2) is 24.3 Å². The fourth-order valence-electron chi connectivity index (χ4n) is 4.92. The number of carbonyl (C=O) groups is 4. The average Bonchev–Trinajstić information content (AvgIpc) is 3.58. The van der Waals surface area contributed by atoms with Gasteiger partial charge in [-0.15, -0.1) is 0 Å². The Morgan fingerprint density at radius 1 is 1.15 bits per heavy atom. The summed E-state index contributed by atoms with van der Waals surface area (Å²) in [4.78, 5) is 51.7. The molecule has 33 heavy (non-hydrogen) atoms. The van der Waals surface area contributed by atoms with Crippen molar-refractivity contribution in [1.82, 2.24) is 15.5 Å². The van der Waals surface area contributed by atoms with Crippen LogP contribution in [0.1, 0.15) is 76.1 Å². The van der Waals surface area contributed by atoms with Crippen molar-refractivity contribution in [3.8, 4) is 0 Å². The summed E-state index contributed by atoms with van der Waals surface area (Å²) < 4.78 is 0. The number of hydrogen-bond acceptors (Lipinski definition) is 4. The van der Waals surface area contributed by atoms with Gasteiger partial charge in [0.15, 0.2) is 0 Å². The Balaban J connectivity index is 1.35. The normalized spacial score (nSPS) is 25.2. The maximum absolute atomic E-state index is 13.2. The zero-order valence-electron chi connectivity index (χ0n) is 19.7. The van der Waals surface area contributed by atoms with Gasteiger partial charge in [0.1, 0.15) is 12.1 Å². The van der Waals surface area contributed by atoms with Gasteiger partial charge < -0.3 is 16.0 Å². The molecule has 8 nitrogen and oxygen atoms in total. The Morgan fingerprint density at radius 2 is 1.85 bits per heavy atom. The third-order valence-corrected chi connectivity index (χ3v) is 7.72. The molecule has 0 bridgehead atoms. The van der Waals surface area contributed by atoms with Crippen LogP contribution in [0.4, 0.5) is 10.5 Å². The predicted octanol–water partition coefficient (Wildman–Crippen LogP) is 3.43. The fourth-order valence-corrected chi connectivity index (χ4v) is 4.92. The zero-order valence-corrected chi connectivity index (χ0v) is 19.7. The number of rotatable bonds is 7. The maximum atomic E-state index is 13.2. The van der Waals surface area contributed by atoms with Crippen LogP contribution < -0.4 is 16.0 Å². The molecule has 0 unspecified atom stereocenters. The molecule has 1 spiro atoms. The van der Waals surface area contributed by atoms with Gasteiger partial charge in [0, 0.05) is 17.3 Å². The second-order valence-electron chi connectivity index (χ2n) is 10.4. The van der Waals surface area contributed by atoms with Crippen molar-refractivity contribution in [3.05, 3.63) is 29.8 Å². The molecule has 4 rings (SSSR count). The lowest BCUT2D eigenvalue weighted by molar-refractivity contribution is -0.135. The van der Waals surface area contributed by atoms with Crippen molar-refractivity contribution in [2.75, 3.05) is 11.9 Å². The van der Waals surface area contributed by atoms with Crippen molar-refractivity contribution in [2.45, 2.75) is 77.3 Å². The molecule has 0 radical (unpaired) electrons. The van der Waals surface area contributed by atoms with E-state index in [1.807, 2.05) is 0 Å². The molecule has 1 saturated heterocycles. The topological polar surface area (TPSA) is 108 Å². The minimum atomic E-state index is -0.890. The summed E-state index contributed by atoms with van der Waals surface area (Å²) in [7, 11) is 0. The number of nitrogens with one attached hydrogen (secondary N) is 3. The summed E-state index contributed by atoms with van der Waals surface area (Å²) in [6.07, 6.45) is 6.01.